The number of allylic oxidation sites excluding steroid dienone is 2. The summed E-state index contributed by atoms with van der Waals surface area (Å²) in [5, 5.41) is 25.6. The van der Waals surface area contributed by atoms with Crippen LogP contribution in [0.4, 0.5) is 0 Å². The van der Waals surface area contributed by atoms with Crippen LogP contribution in [0.5, 0.6) is 0 Å². The van der Waals surface area contributed by atoms with Gasteiger partial charge in [0, 0.05) is 19.2 Å². The first-order chi connectivity index (χ1) is 9.15. The van der Waals surface area contributed by atoms with E-state index in [-0.39, 0.29) is 17.1 Å². The fourth-order valence-corrected chi connectivity index (χ4v) is 1.54. The molecule has 0 fully saturated rings. The summed E-state index contributed by atoms with van der Waals surface area (Å²) < 4.78 is 0. The second-order valence-corrected chi connectivity index (χ2v) is 5.02. The van der Waals surface area contributed by atoms with Crippen LogP contribution in [-0.4, -0.2) is 34.4 Å². The normalized spacial score (nSPS) is 12.8. The van der Waals surface area contributed by atoms with Crippen molar-refractivity contribution in [1.29, 1.82) is 10.7 Å². The average Bonchev–Trinajstić information content (AvgIpc) is 2.32. The Kier molecular flexibility index (Phi) is 6.50. The summed E-state index contributed by atoms with van der Waals surface area (Å²) in [6.07, 6.45) is 4.76. The van der Waals surface area contributed by atoms with Gasteiger partial charge in [-0.25, -0.2) is 4.79 Å². The van der Waals surface area contributed by atoms with Crippen LogP contribution in [0.25, 0.3) is 0 Å². The Labute approximate surface area is 119 Å². The predicted molar refractivity (Wildman–Crippen MR) is 78.1 cm³/mol. The number of amidine groups is 1. The topological polar surface area (TPSA) is 114 Å². The highest BCUT2D eigenvalue weighted by Crippen LogP contribution is 2.18. The number of nitrogens with two attached hydrogens (primary N) is 1. The third-order valence-electron chi connectivity index (χ3n) is 2.99. The van der Waals surface area contributed by atoms with E-state index in [0.717, 1.165) is 0 Å². The van der Waals surface area contributed by atoms with E-state index < -0.39 is 11.5 Å². The lowest BCUT2D eigenvalue weighted by Crippen LogP contribution is -2.45. The third-order valence-corrected chi connectivity index (χ3v) is 2.99. The van der Waals surface area contributed by atoms with Crippen LogP contribution in [0.3, 0.4) is 0 Å². The number of carbonyl (C=O) groups is 1. The van der Waals surface area contributed by atoms with Crippen LogP contribution >= 0.6 is 0 Å². The molecule has 0 aliphatic carbocycles. The highest BCUT2D eigenvalue weighted by molar-refractivity contribution is 6.17. The number of carboxylic acids is 1. The maximum atomic E-state index is 11.2. The summed E-state index contributed by atoms with van der Waals surface area (Å²) in [5.41, 5.74) is 4.88. The smallest absolute Gasteiger partial charge is 0.341 e. The van der Waals surface area contributed by atoms with Crippen molar-refractivity contribution in [2.45, 2.75) is 39.2 Å². The van der Waals surface area contributed by atoms with E-state index in [1.165, 1.54) is 11.8 Å². The number of nitrogens with zero attached hydrogens (tertiary/aromatic N) is 2. The number of nitrogens with one attached hydrogen (secondary N) is 1. The minimum atomic E-state index is -1.22. The second kappa shape index (κ2) is 7.34. The Morgan fingerprint density at radius 2 is 2.10 bits per heavy atom. The van der Waals surface area contributed by atoms with Crippen LogP contribution in [0.1, 0.15) is 33.6 Å². The molecule has 4 N–H and O–H groups in total. The van der Waals surface area contributed by atoms with Crippen molar-refractivity contribution in [2.75, 3.05) is 7.05 Å². The first-order valence-corrected chi connectivity index (χ1v) is 6.22. The van der Waals surface area contributed by atoms with Crippen LogP contribution in [0.15, 0.2) is 23.4 Å². The van der Waals surface area contributed by atoms with Gasteiger partial charge in [-0.05, 0) is 27.2 Å². The van der Waals surface area contributed by atoms with Crippen molar-refractivity contribution < 1.29 is 9.90 Å². The number of likely N-dealkylation sites (N-methyl/N-ethyl adjacent to an activating group) is 1. The largest absolute Gasteiger partial charge is 0.477 e. The molecular formula is C14H22N4O2. The molecule has 0 aromatic carbocycles. The van der Waals surface area contributed by atoms with Crippen molar-refractivity contribution >= 4 is 11.8 Å². The number of rotatable bonds is 6. The Morgan fingerprint density at radius 3 is 2.50 bits per heavy atom. The number of hydrogen-bond donors (Lipinski definition) is 3. The monoisotopic (exact) mass is 278 g/mol. The summed E-state index contributed by atoms with van der Waals surface area (Å²) in [7, 11) is 1.64. The Morgan fingerprint density at radius 1 is 1.55 bits per heavy atom. The summed E-state index contributed by atoms with van der Waals surface area (Å²) in [5.74, 6) is -1.36. The molecule has 0 spiro atoms. The van der Waals surface area contributed by atoms with Crippen molar-refractivity contribution in [3.63, 3.8) is 0 Å². The Hall–Kier alpha value is -2.29. The molecule has 20 heavy (non-hydrogen) atoms. The highest BCUT2D eigenvalue weighted by atomic mass is 16.4. The number of hydrogen-bond acceptors (Lipinski definition) is 4. The molecule has 0 rings (SSSR count). The molecule has 0 saturated heterocycles. The zero-order chi connectivity index (χ0) is 15.9. The maximum Gasteiger partial charge on any atom is 0.341 e. The molecular weight excluding hydrogens is 256 g/mol. The second-order valence-electron chi connectivity index (χ2n) is 5.02. The molecule has 6 heteroatoms. The van der Waals surface area contributed by atoms with Gasteiger partial charge in [0.05, 0.1) is 11.6 Å². The van der Waals surface area contributed by atoms with Crippen LogP contribution in [0, 0.1) is 16.7 Å². The Balaban J connectivity index is 5.14. The van der Waals surface area contributed by atoms with E-state index in [1.54, 1.807) is 7.05 Å². The van der Waals surface area contributed by atoms with E-state index in [2.05, 4.69) is 0 Å². The van der Waals surface area contributed by atoms with Crippen molar-refractivity contribution in [1.82, 2.24) is 4.90 Å². The molecule has 0 radical (unpaired) electrons. The quantitative estimate of drug-likeness (QED) is 0.225. The van der Waals surface area contributed by atoms with E-state index >= 15 is 0 Å². The SMILES string of the molecule is CC(N)=C(C(=N)N(C)C(C)(C)/C=C\CCC#N)C(=O)O. The van der Waals surface area contributed by atoms with Gasteiger partial charge in [0.1, 0.15) is 11.4 Å². The first-order valence-electron chi connectivity index (χ1n) is 6.22. The van der Waals surface area contributed by atoms with Gasteiger partial charge >= 0.3 is 5.97 Å². The van der Waals surface area contributed by atoms with Gasteiger partial charge in [-0.3, -0.25) is 5.41 Å². The summed E-state index contributed by atoms with van der Waals surface area (Å²) >= 11 is 0. The summed E-state index contributed by atoms with van der Waals surface area (Å²) in [4.78, 5) is 12.7. The highest BCUT2D eigenvalue weighted by Gasteiger charge is 2.28. The van der Waals surface area contributed by atoms with Gasteiger partial charge < -0.3 is 15.7 Å². The van der Waals surface area contributed by atoms with Crippen molar-refractivity contribution in [2.24, 2.45) is 5.73 Å². The lowest BCUT2D eigenvalue weighted by molar-refractivity contribution is -0.132. The van der Waals surface area contributed by atoms with Gasteiger partial charge in [0.15, 0.2) is 0 Å². The van der Waals surface area contributed by atoms with E-state index in [4.69, 9.17) is 21.5 Å². The molecule has 0 aromatic heterocycles. The zero-order valence-electron chi connectivity index (χ0n) is 12.4. The fraction of sp³-hybridized carbons (Fsp3) is 0.500. The number of aliphatic carboxylic acids is 1. The lowest BCUT2D eigenvalue weighted by Gasteiger charge is -2.35. The number of carboxylic acid groups (broad SMARTS) is 1. The molecule has 0 heterocycles. The zero-order valence-corrected chi connectivity index (χ0v) is 12.4. The molecule has 0 saturated carbocycles. The van der Waals surface area contributed by atoms with Crippen LogP contribution in [0.2, 0.25) is 0 Å². The van der Waals surface area contributed by atoms with Crippen LogP contribution in [-0.2, 0) is 4.79 Å². The maximum absolute atomic E-state index is 11.2. The van der Waals surface area contributed by atoms with Gasteiger partial charge in [-0.15, -0.1) is 0 Å². The third kappa shape index (κ3) is 4.76. The standard InChI is InChI=1S/C14H22N4O2/c1-10(16)11(13(19)20)12(17)18(4)14(2,3)8-6-5-7-9-15/h6,8,17H,5,7,16H2,1-4H3,(H,19,20)/b8-6-,11-10?,17-12?. The molecule has 6 nitrogen and oxygen atoms in total. The minimum absolute atomic E-state index is 0.0959. The van der Waals surface area contributed by atoms with Gasteiger partial charge in [0.2, 0.25) is 0 Å². The number of unbranched alkanes of at least 4 members (excludes halogenated alkanes) is 1. The average molecular weight is 278 g/mol. The molecule has 0 aliphatic heterocycles. The van der Waals surface area contributed by atoms with Crippen molar-refractivity contribution in [3.05, 3.63) is 23.4 Å². The molecule has 110 valence electrons. The molecule has 0 amide bonds. The molecule has 0 aromatic rings. The van der Waals surface area contributed by atoms with Crippen molar-refractivity contribution in [3.8, 4) is 6.07 Å². The summed E-state index contributed by atoms with van der Waals surface area (Å²) in [6, 6.07) is 2.05. The Bertz CT molecular complexity index is 480. The lowest BCUT2D eigenvalue weighted by atomic mass is 10.00. The minimum Gasteiger partial charge on any atom is -0.477 e. The van der Waals surface area contributed by atoms with E-state index in [9.17, 15) is 4.79 Å². The number of nitriles is 1. The molecule has 0 atom stereocenters. The summed E-state index contributed by atoms with van der Waals surface area (Å²) in [6.45, 7) is 5.17. The van der Waals surface area contributed by atoms with Gasteiger partial charge in [-0.1, -0.05) is 12.2 Å². The molecule has 0 unspecified atom stereocenters. The van der Waals surface area contributed by atoms with E-state index in [1.807, 2.05) is 32.1 Å². The fourth-order valence-electron chi connectivity index (χ4n) is 1.54. The van der Waals surface area contributed by atoms with Gasteiger partial charge in [0.25, 0.3) is 0 Å². The molecule has 0 aliphatic rings. The van der Waals surface area contributed by atoms with Crippen LogP contribution < -0.4 is 5.73 Å². The predicted octanol–water partition coefficient (Wildman–Crippen LogP) is 1.85. The van der Waals surface area contributed by atoms with Gasteiger partial charge in [-0.2, -0.15) is 5.26 Å². The molecule has 0 bridgehead atoms. The van der Waals surface area contributed by atoms with E-state index in [0.29, 0.717) is 12.8 Å². The first kappa shape index (κ1) is 17.7.